The van der Waals surface area contributed by atoms with Crippen LogP contribution in [0.2, 0.25) is 0 Å². The standard InChI is InChI=1S/C62H46N2/c1-41-32-38-53-50-26-12-11-24-48(50)49-25-13-14-27-51(49)60(53)63(47-22-9-4-10-23-47)59(41)43-35-33-42(34-36-43)44-37-39-57-54(40-44)52-28-17-30-56-61(52)64(57)58-31-16-15-29-55(58)62(56,45-18-5-2-6-19-45)46-20-7-3-8-21-46/h2-9,11-22,24-31,33-37,39-40H,10,23,32,38H2,1H3. The monoisotopic (exact) mass is 818 g/mol. The van der Waals surface area contributed by atoms with Gasteiger partial charge in [0.05, 0.1) is 33.5 Å². The van der Waals surface area contributed by atoms with Crippen molar-refractivity contribution >= 4 is 54.7 Å². The van der Waals surface area contributed by atoms with Crippen molar-refractivity contribution in [3.05, 3.63) is 257 Å². The van der Waals surface area contributed by atoms with Gasteiger partial charge < -0.3 is 9.47 Å². The summed E-state index contributed by atoms with van der Waals surface area (Å²) in [4.78, 5) is 2.65. The van der Waals surface area contributed by atoms with E-state index in [1.807, 2.05) is 0 Å². The van der Waals surface area contributed by atoms with Gasteiger partial charge in [0.2, 0.25) is 0 Å². The van der Waals surface area contributed by atoms with Crippen LogP contribution in [0.1, 0.15) is 59.6 Å². The number of aromatic nitrogens is 1. The maximum atomic E-state index is 2.65. The van der Waals surface area contributed by atoms with Crippen LogP contribution in [0.5, 0.6) is 0 Å². The number of aryl methyl sites for hydroxylation is 1. The number of hydrogen-bond donors (Lipinski definition) is 0. The Balaban J connectivity index is 0.975. The average molecular weight is 819 g/mol. The molecular weight excluding hydrogens is 773 g/mol. The van der Waals surface area contributed by atoms with Crippen molar-refractivity contribution in [2.24, 2.45) is 0 Å². The van der Waals surface area contributed by atoms with Crippen LogP contribution < -0.4 is 4.90 Å². The van der Waals surface area contributed by atoms with Crippen molar-refractivity contribution in [3.63, 3.8) is 0 Å². The zero-order chi connectivity index (χ0) is 42.4. The molecule has 0 atom stereocenters. The molecule has 0 spiro atoms. The Hall–Kier alpha value is -7.68. The first-order valence-corrected chi connectivity index (χ1v) is 22.9. The Bertz CT molecular complexity index is 3560. The van der Waals surface area contributed by atoms with Crippen LogP contribution >= 0.6 is 0 Å². The van der Waals surface area contributed by atoms with Crippen LogP contribution in [0.25, 0.3) is 65.9 Å². The van der Waals surface area contributed by atoms with Crippen molar-refractivity contribution in [1.82, 2.24) is 4.57 Å². The van der Waals surface area contributed by atoms with Crippen molar-refractivity contribution < 1.29 is 0 Å². The second-order valence-electron chi connectivity index (χ2n) is 17.9. The second kappa shape index (κ2) is 14.4. The quantitative estimate of drug-likeness (QED) is 0.157. The van der Waals surface area contributed by atoms with Gasteiger partial charge in [-0.3, -0.25) is 0 Å². The smallest absolute Gasteiger partial charge is 0.0742 e. The van der Waals surface area contributed by atoms with Gasteiger partial charge in [0.1, 0.15) is 0 Å². The molecule has 0 unspecified atom stereocenters. The lowest BCUT2D eigenvalue weighted by Crippen LogP contribution is -2.35. The zero-order valence-electron chi connectivity index (χ0n) is 35.9. The Morgan fingerprint density at radius 1 is 0.469 bits per heavy atom. The third kappa shape index (κ3) is 5.26. The van der Waals surface area contributed by atoms with Gasteiger partial charge in [-0.1, -0.05) is 188 Å². The van der Waals surface area contributed by atoms with Crippen LogP contribution in [-0.2, 0) is 11.8 Å². The molecule has 13 rings (SSSR count). The van der Waals surface area contributed by atoms with E-state index < -0.39 is 5.41 Å². The van der Waals surface area contributed by atoms with E-state index in [0.717, 1.165) is 25.7 Å². The fraction of sp³-hybridized carbons (Fsp3) is 0.0968. The SMILES string of the molecule is CC1=C(c2ccc(-c3ccc4c(c3)c3cccc5c3n4-c3ccccc3C5(c3ccccc3)c3ccccc3)cc2)N(C2=CC=CCC2)c2c(c3ccccc3c3ccccc23)CC1. The van der Waals surface area contributed by atoms with E-state index in [1.165, 1.54) is 116 Å². The van der Waals surface area contributed by atoms with Crippen LogP contribution in [0.15, 0.2) is 224 Å². The summed E-state index contributed by atoms with van der Waals surface area (Å²) in [5, 5.41) is 7.89. The average Bonchev–Trinajstić information content (AvgIpc) is 3.61. The van der Waals surface area contributed by atoms with Gasteiger partial charge in [-0.15, -0.1) is 0 Å². The molecule has 0 fully saturated rings. The first kappa shape index (κ1) is 36.9. The third-order valence-corrected chi connectivity index (χ3v) is 14.5. The Morgan fingerprint density at radius 2 is 1.08 bits per heavy atom. The fourth-order valence-corrected chi connectivity index (χ4v) is 11.8. The summed E-state index contributed by atoms with van der Waals surface area (Å²) in [6, 6.07) is 72.9. The molecule has 1 aromatic heterocycles. The highest BCUT2D eigenvalue weighted by molar-refractivity contribution is 6.17. The predicted molar refractivity (Wildman–Crippen MR) is 269 cm³/mol. The lowest BCUT2D eigenvalue weighted by atomic mass is 9.63. The summed E-state index contributed by atoms with van der Waals surface area (Å²) in [5.41, 5.74) is 19.0. The van der Waals surface area contributed by atoms with Gasteiger partial charge in [0, 0.05) is 21.9 Å². The van der Waals surface area contributed by atoms with E-state index in [-0.39, 0.29) is 0 Å². The number of allylic oxidation sites excluding steroid dienone is 5. The predicted octanol–water partition coefficient (Wildman–Crippen LogP) is 15.9. The van der Waals surface area contributed by atoms with Gasteiger partial charge in [0.25, 0.3) is 0 Å². The number of nitrogens with zero attached hydrogens (tertiary/aromatic N) is 2. The molecule has 304 valence electrons. The molecule has 0 bridgehead atoms. The molecule has 0 saturated carbocycles. The van der Waals surface area contributed by atoms with Gasteiger partial charge in [-0.25, -0.2) is 0 Å². The molecule has 64 heavy (non-hydrogen) atoms. The van der Waals surface area contributed by atoms with E-state index in [2.05, 4.69) is 229 Å². The molecule has 10 aromatic rings. The van der Waals surface area contributed by atoms with Crippen LogP contribution in [-0.4, -0.2) is 4.57 Å². The highest BCUT2D eigenvalue weighted by Crippen LogP contribution is 2.55. The number of rotatable bonds is 5. The molecule has 0 amide bonds. The maximum absolute atomic E-state index is 2.65. The minimum Gasteiger partial charge on any atom is -0.313 e. The van der Waals surface area contributed by atoms with E-state index in [1.54, 1.807) is 0 Å². The molecule has 0 N–H and O–H groups in total. The zero-order valence-corrected chi connectivity index (χ0v) is 35.9. The van der Waals surface area contributed by atoms with Gasteiger partial charge >= 0.3 is 0 Å². The van der Waals surface area contributed by atoms with E-state index in [9.17, 15) is 0 Å². The molecular formula is C62H46N2. The number of anilines is 1. The number of para-hydroxylation sites is 2. The fourth-order valence-electron chi connectivity index (χ4n) is 11.8. The second-order valence-corrected chi connectivity index (χ2v) is 17.9. The molecule has 0 saturated heterocycles. The Labute approximate surface area is 374 Å². The molecule has 0 radical (unpaired) electrons. The van der Waals surface area contributed by atoms with Gasteiger partial charge in [-0.2, -0.15) is 0 Å². The normalized spacial score (nSPS) is 15.4. The molecule has 2 nitrogen and oxygen atoms in total. The molecule has 9 aromatic carbocycles. The van der Waals surface area contributed by atoms with Crippen LogP contribution in [0, 0.1) is 0 Å². The minimum atomic E-state index is -0.482. The summed E-state index contributed by atoms with van der Waals surface area (Å²) < 4.78 is 2.53. The van der Waals surface area contributed by atoms with Crippen LogP contribution in [0.4, 0.5) is 5.69 Å². The maximum Gasteiger partial charge on any atom is 0.0742 e. The lowest BCUT2D eigenvalue weighted by molar-refractivity contribution is 0.728. The first-order chi connectivity index (χ1) is 31.7. The highest BCUT2D eigenvalue weighted by Gasteiger charge is 2.45. The third-order valence-electron chi connectivity index (χ3n) is 14.5. The summed E-state index contributed by atoms with van der Waals surface area (Å²) >= 11 is 0. The van der Waals surface area contributed by atoms with Crippen molar-refractivity contribution in [3.8, 4) is 16.8 Å². The molecule has 3 heterocycles. The lowest BCUT2D eigenvalue weighted by Gasteiger charge is -2.41. The molecule has 1 aliphatic carbocycles. The van der Waals surface area contributed by atoms with Crippen LogP contribution in [0.3, 0.4) is 0 Å². The molecule has 3 aliphatic rings. The molecule has 2 heteroatoms. The van der Waals surface area contributed by atoms with Crippen molar-refractivity contribution in [2.75, 3.05) is 4.90 Å². The largest absolute Gasteiger partial charge is 0.313 e. The number of benzene rings is 9. The van der Waals surface area contributed by atoms with E-state index in [0.29, 0.717) is 0 Å². The van der Waals surface area contributed by atoms with E-state index >= 15 is 0 Å². The van der Waals surface area contributed by atoms with Gasteiger partial charge in [0.15, 0.2) is 0 Å². The topological polar surface area (TPSA) is 8.17 Å². The number of fused-ring (bicyclic) bond motifs is 11. The summed E-state index contributed by atoms with van der Waals surface area (Å²) in [5.74, 6) is 0. The molecule has 2 aliphatic heterocycles. The minimum absolute atomic E-state index is 0.482. The first-order valence-electron chi connectivity index (χ1n) is 22.9. The van der Waals surface area contributed by atoms with Gasteiger partial charge in [-0.05, 0) is 123 Å². The summed E-state index contributed by atoms with van der Waals surface area (Å²) in [7, 11) is 0. The Morgan fingerprint density at radius 3 is 1.81 bits per heavy atom. The van der Waals surface area contributed by atoms with E-state index in [4.69, 9.17) is 0 Å². The highest BCUT2D eigenvalue weighted by atomic mass is 15.2. The van der Waals surface area contributed by atoms with Crippen molar-refractivity contribution in [2.45, 2.75) is 38.0 Å². The van der Waals surface area contributed by atoms with Crippen molar-refractivity contribution in [1.29, 1.82) is 0 Å². The Kier molecular flexibility index (Phi) is 8.33. The summed E-state index contributed by atoms with van der Waals surface area (Å²) in [6.45, 7) is 2.36. The number of hydrogen-bond acceptors (Lipinski definition) is 1. The summed E-state index contributed by atoms with van der Waals surface area (Å²) in [6.07, 6.45) is 11.0.